The van der Waals surface area contributed by atoms with Crippen molar-refractivity contribution in [1.82, 2.24) is 14.5 Å². The molecule has 0 aliphatic carbocycles. The zero-order valence-corrected chi connectivity index (χ0v) is 18.1. The number of thioether (sulfide) groups is 1. The van der Waals surface area contributed by atoms with E-state index in [0.717, 1.165) is 42.2 Å². The molecule has 152 valence electrons. The first-order valence-electron chi connectivity index (χ1n) is 10.5. The molecule has 0 bridgehead atoms. The highest BCUT2D eigenvalue weighted by Gasteiger charge is 2.25. The number of aromatic nitrogens is 2. The Morgan fingerprint density at radius 2 is 1.72 bits per heavy atom. The molecule has 0 N–H and O–H groups in total. The molecule has 1 fully saturated rings. The normalized spacial score (nSPS) is 19.6. The van der Waals surface area contributed by atoms with E-state index in [-0.39, 0.29) is 5.91 Å². The molecule has 1 aliphatic rings. The third-order valence-electron chi connectivity index (χ3n) is 5.63. The number of imidazole rings is 1. The largest absolute Gasteiger partial charge is 0.341 e. The zero-order chi connectivity index (χ0) is 20.2. The topological polar surface area (TPSA) is 38.1 Å². The Labute approximate surface area is 177 Å². The van der Waals surface area contributed by atoms with Gasteiger partial charge in [-0.2, -0.15) is 0 Å². The quantitative estimate of drug-likeness (QED) is 0.547. The molecule has 1 amide bonds. The minimum atomic E-state index is 0.232. The van der Waals surface area contributed by atoms with Crippen LogP contribution in [-0.4, -0.2) is 39.2 Å². The van der Waals surface area contributed by atoms with Crippen molar-refractivity contribution in [2.24, 2.45) is 11.8 Å². The Morgan fingerprint density at radius 3 is 2.48 bits per heavy atom. The third kappa shape index (κ3) is 4.84. The van der Waals surface area contributed by atoms with Crippen molar-refractivity contribution in [3.63, 3.8) is 0 Å². The fourth-order valence-electron chi connectivity index (χ4n) is 4.35. The summed E-state index contributed by atoms with van der Waals surface area (Å²) in [6, 6.07) is 18.8. The number of piperidine rings is 1. The number of rotatable bonds is 6. The molecule has 2 atom stereocenters. The van der Waals surface area contributed by atoms with E-state index in [4.69, 9.17) is 4.98 Å². The summed E-state index contributed by atoms with van der Waals surface area (Å²) in [5, 5.41) is 0.939. The molecular weight excluding hydrogens is 378 g/mol. The van der Waals surface area contributed by atoms with Crippen LogP contribution in [0.25, 0.3) is 11.0 Å². The van der Waals surface area contributed by atoms with E-state index in [1.807, 2.05) is 23.1 Å². The van der Waals surface area contributed by atoms with Gasteiger partial charge in [-0.25, -0.2) is 4.98 Å². The zero-order valence-electron chi connectivity index (χ0n) is 17.3. The number of benzene rings is 2. The number of amides is 1. The lowest BCUT2D eigenvalue weighted by Crippen LogP contribution is -2.43. The molecule has 0 unspecified atom stereocenters. The van der Waals surface area contributed by atoms with Crippen LogP contribution in [0.1, 0.15) is 25.8 Å². The number of para-hydroxylation sites is 2. The molecule has 2 heterocycles. The van der Waals surface area contributed by atoms with Crippen LogP contribution in [0.4, 0.5) is 0 Å². The van der Waals surface area contributed by atoms with Crippen molar-refractivity contribution < 1.29 is 4.79 Å². The van der Waals surface area contributed by atoms with Gasteiger partial charge in [-0.05, 0) is 42.4 Å². The number of carbonyl (C=O) groups excluding carboxylic acids is 1. The lowest BCUT2D eigenvalue weighted by molar-refractivity contribution is -0.130. The van der Waals surface area contributed by atoms with E-state index >= 15 is 0 Å². The molecule has 1 saturated heterocycles. The number of fused-ring (bicyclic) bond motifs is 1. The molecule has 2 aromatic carbocycles. The van der Waals surface area contributed by atoms with E-state index < -0.39 is 0 Å². The summed E-state index contributed by atoms with van der Waals surface area (Å²) in [5.41, 5.74) is 3.45. The Bertz CT molecular complexity index is 959. The van der Waals surface area contributed by atoms with Gasteiger partial charge in [0.05, 0.1) is 16.8 Å². The van der Waals surface area contributed by atoms with Gasteiger partial charge in [-0.1, -0.05) is 68.1 Å². The fraction of sp³-hybridized carbons (Fsp3) is 0.417. The van der Waals surface area contributed by atoms with Crippen LogP contribution >= 0.6 is 11.8 Å². The van der Waals surface area contributed by atoms with Crippen molar-refractivity contribution in [2.45, 2.75) is 38.4 Å². The molecule has 1 aliphatic heterocycles. The van der Waals surface area contributed by atoms with Gasteiger partial charge in [0, 0.05) is 19.6 Å². The van der Waals surface area contributed by atoms with Gasteiger partial charge < -0.3 is 9.47 Å². The minimum absolute atomic E-state index is 0.232. The summed E-state index contributed by atoms with van der Waals surface area (Å²) in [7, 11) is 0. The van der Waals surface area contributed by atoms with Crippen LogP contribution in [0, 0.1) is 11.8 Å². The molecule has 4 rings (SSSR count). The molecule has 29 heavy (non-hydrogen) atoms. The average Bonchev–Trinajstić information content (AvgIpc) is 3.08. The van der Waals surface area contributed by atoms with Gasteiger partial charge in [-0.15, -0.1) is 0 Å². The van der Waals surface area contributed by atoms with Crippen molar-refractivity contribution in [3.05, 3.63) is 60.2 Å². The Hall–Kier alpha value is -2.27. The average molecular weight is 408 g/mol. The molecule has 1 aromatic heterocycles. The van der Waals surface area contributed by atoms with Crippen LogP contribution in [-0.2, 0) is 17.8 Å². The van der Waals surface area contributed by atoms with E-state index in [9.17, 15) is 4.79 Å². The number of nitrogens with zero attached hydrogens (tertiary/aromatic N) is 3. The van der Waals surface area contributed by atoms with Gasteiger partial charge >= 0.3 is 0 Å². The summed E-state index contributed by atoms with van der Waals surface area (Å²) in [6.07, 6.45) is 2.16. The van der Waals surface area contributed by atoms with Gasteiger partial charge in [0.2, 0.25) is 5.91 Å². The summed E-state index contributed by atoms with van der Waals surface area (Å²) in [4.78, 5) is 19.7. The van der Waals surface area contributed by atoms with Crippen molar-refractivity contribution in [2.75, 3.05) is 18.8 Å². The summed E-state index contributed by atoms with van der Waals surface area (Å²) in [5.74, 6) is 1.86. The number of aryl methyl sites for hydroxylation is 2. The second-order valence-corrected chi connectivity index (χ2v) is 9.25. The van der Waals surface area contributed by atoms with Crippen LogP contribution in [0.15, 0.2) is 59.8 Å². The first-order valence-corrected chi connectivity index (χ1v) is 11.5. The number of carbonyl (C=O) groups is 1. The molecule has 3 aromatic rings. The molecule has 4 nitrogen and oxygen atoms in total. The van der Waals surface area contributed by atoms with Crippen LogP contribution in [0.5, 0.6) is 0 Å². The highest BCUT2D eigenvalue weighted by Crippen LogP contribution is 2.26. The lowest BCUT2D eigenvalue weighted by atomic mass is 9.92. The SMILES string of the molecule is C[C@@H]1C[C@H](C)CN(C(=O)CSc2nc3ccccc3n2CCc2ccccc2)C1. The van der Waals surface area contributed by atoms with Gasteiger partial charge in [0.1, 0.15) is 0 Å². The highest BCUT2D eigenvalue weighted by atomic mass is 32.2. The molecule has 5 heteroatoms. The van der Waals surface area contributed by atoms with Crippen molar-refractivity contribution in [1.29, 1.82) is 0 Å². The smallest absolute Gasteiger partial charge is 0.233 e. The van der Waals surface area contributed by atoms with Crippen molar-refractivity contribution >= 4 is 28.7 Å². The predicted octanol–water partition coefficient (Wildman–Crippen LogP) is 4.88. The summed E-state index contributed by atoms with van der Waals surface area (Å²) in [6.45, 7) is 7.11. The first kappa shape index (κ1) is 20.0. The molecule has 0 radical (unpaired) electrons. The number of likely N-dealkylation sites (tertiary alicyclic amines) is 1. The van der Waals surface area contributed by atoms with Gasteiger partial charge in [-0.3, -0.25) is 4.79 Å². The van der Waals surface area contributed by atoms with Crippen LogP contribution < -0.4 is 0 Å². The Balaban J connectivity index is 1.48. The van der Waals surface area contributed by atoms with E-state index in [2.05, 4.69) is 54.8 Å². The number of hydrogen-bond donors (Lipinski definition) is 0. The van der Waals surface area contributed by atoms with Crippen LogP contribution in [0.2, 0.25) is 0 Å². The second kappa shape index (κ2) is 9.04. The monoisotopic (exact) mass is 407 g/mol. The maximum Gasteiger partial charge on any atom is 0.233 e. The maximum atomic E-state index is 12.8. The lowest BCUT2D eigenvalue weighted by Gasteiger charge is -2.35. The summed E-state index contributed by atoms with van der Waals surface area (Å²) < 4.78 is 2.27. The third-order valence-corrected chi connectivity index (χ3v) is 6.59. The first-order chi connectivity index (χ1) is 14.1. The summed E-state index contributed by atoms with van der Waals surface area (Å²) >= 11 is 1.57. The molecule has 0 spiro atoms. The Morgan fingerprint density at radius 1 is 1.03 bits per heavy atom. The Kier molecular flexibility index (Phi) is 6.24. The predicted molar refractivity (Wildman–Crippen MR) is 120 cm³/mol. The van der Waals surface area contributed by atoms with E-state index in [1.165, 1.54) is 12.0 Å². The number of hydrogen-bond acceptors (Lipinski definition) is 3. The van der Waals surface area contributed by atoms with Crippen LogP contribution in [0.3, 0.4) is 0 Å². The fourth-order valence-corrected chi connectivity index (χ4v) is 5.29. The van der Waals surface area contributed by atoms with Crippen molar-refractivity contribution in [3.8, 4) is 0 Å². The van der Waals surface area contributed by atoms with Gasteiger partial charge in [0.25, 0.3) is 0 Å². The van der Waals surface area contributed by atoms with Gasteiger partial charge in [0.15, 0.2) is 5.16 Å². The molecule has 0 saturated carbocycles. The van der Waals surface area contributed by atoms with E-state index in [1.54, 1.807) is 11.8 Å². The maximum absolute atomic E-state index is 12.8. The second-order valence-electron chi connectivity index (χ2n) is 8.30. The molecular formula is C24H29N3OS. The van der Waals surface area contributed by atoms with E-state index in [0.29, 0.717) is 17.6 Å². The minimum Gasteiger partial charge on any atom is -0.341 e. The standard InChI is InChI=1S/C24H29N3OS/c1-18-14-19(2)16-26(15-18)23(28)17-29-24-25-21-10-6-7-11-22(21)27(24)13-12-20-8-4-3-5-9-20/h3-11,18-19H,12-17H2,1-2H3/t18-,19+. The highest BCUT2D eigenvalue weighted by molar-refractivity contribution is 7.99.